The van der Waals surface area contributed by atoms with Crippen molar-refractivity contribution in [2.75, 3.05) is 17.7 Å². The minimum Gasteiger partial charge on any atom is -0.398 e. The minimum absolute atomic E-state index is 0.00645. The molecule has 1 heterocycles. The van der Waals surface area contributed by atoms with Crippen molar-refractivity contribution in [3.63, 3.8) is 0 Å². The van der Waals surface area contributed by atoms with Crippen LogP contribution in [0, 0.1) is 10.1 Å². The maximum atomic E-state index is 10.8. The fraction of sp³-hybridized carbons (Fsp3) is 0.250. The Hall–Kier alpha value is -2.57. The molecule has 0 aliphatic heterocycles. The standard InChI is InChI=1S/C12H15N5O2/c1-15(7-9-6-14-16(2)8-9)11-3-10(13)4-12(5-11)17(18)19/h3-6,8H,7,13H2,1-2H3. The quantitative estimate of drug-likeness (QED) is 0.512. The van der Waals surface area contributed by atoms with E-state index in [1.54, 1.807) is 16.9 Å². The van der Waals surface area contributed by atoms with Crippen molar-refractivity contribution in [1.29, 1.82) is 0 Å². The Balaban J connectivity index is 2.23. The van der Waals surface area contributed by atoms with Crippen molar-refractivity contribution in [1.82, 2.24) is 9.78 Å². The molecule has 1 aromatic heterocycles. The van der Waals surface area contributed by atoms with Gasteiger partial charge in [-0.15, -0.1) is 0 Å². The van der Waals surface area contributed by atoms with Gasteiger partial charge in [-0.25, -0.2) is 0 Å². The Morgan fingerprint density at radius 3 is 2.79 bits per heavy atom. The van der Waals surface area contributed by atoms with Gasteiger partial charge >= 0.3 is 0 Å². The lowest BCUT2D eigenvalue weighted by atomic mass is 10.2. The van der Waals surface area contributed by atoms with Crippen molar-refractivity contribution >= 4 is 17.1 Å². The van der Waals surface area contributed by atoms with Crippen LogP contribution < -0.4 is 10.6 Å². The third-order valence-corrected chi connectivity index (χ3v) is 2.75. The summed E-state index contributed by atoms with van der Waals surface area (Å²) in [6.45, 7) is 0.606. The summed E-state index contributed by atoms with van der Waals surface area (Å²) in [6, 6.07) is 4.57. The number of hydrogen-bond donors (Lipinski definition) is 1. The van der Waals surface area contributed by atoms with Crippen molar-refractivity contribution in [3.8, 4) is 0 Å². The molecule has 0 spiro atoms. The third kappa shape index (κ3) is 3.01. The van der Waals surface area contributed by atoms with E-state index in [0.29, 0.717) is 17.9 Å². The number of anilines is 2. The maximum absolute atomic E-state index is 10.8. The molecule has 0 aliphatic carbocycles. The van der Waals surface area contributed by atoms with Crippen molar-refractivity contribution in [3.05, 3.63) is 46.3 Å². The Bertz CT molecular complexity index is 608. The van der Waals surface area contributed by atoms with Crippen LogP contribution in [0.25, 0.3) is 0 Å². The number of non-ortho nitro benzene ring substituents is 1. The molecule has 0 fully saturated rings. The lowest BCUT2D eigenvalue weighted by Gasteiger charge is -2.18. The van der Waals surface area contributed by atoms with Crippen LogP contribution in [0.3, 0.4) is 0 Å². The van der Waals surface area contributed by atoms with Gasteiger partial charge in [0, 0.05) is 55.9 Å². The van der Waals surface area contributed by atoms with E-state index in [1.165, 1.54) is 12.1 Å². The molecule has 0 radical (unpaired) electrons. The van der Waals surface area contributed by atoms with Crippen LogP contribution in [0.5, 0.6) is 0 Å². The van der Waals surface area contributed by atoms with E-state index in [0.717, 1.165) is 5.56 Å². The number of benzene rings is 1. The highest BCUT2D eigenvalue weighted by atomic mass is 16.6. The van der Waals surface area contributed by atoms with Gasteiger partial charge in [0.05, 0.1) is 11.1 Å². The fourth-order valence-corrected chi connectivity index (χ4v) is 1.86. The van der Waals surface area contributed by atoms with Crippen LogP contribution in [-0.4, -0.2) is 21.8 Å². The molecule has 0 saturated carbocycles. The van der Waals surface area contributed by atoms with Gasteiger partial charge in [-0.2, -0.15) is 5.10 Å². The van der Waals surface area contributed by atoms with Crippen LogP contribution in [0.1, 0.15) is 5.56 Å². The van der Waals surface area contributed by atoms with Gasteiger partial charge < -0.3 is 10.6 Å². The van der Waals surface area contributed by atoms with Gasteiger partial charge in [-0.3, -0.25) is 14.8 Å². The van der Waals surface area contributed by atoms with Gasteiger partial charge in [0.25, 0.3) is 5.69 Å². The Morgan fingerprint density at radius 1 is 1.47 bits per heavy atom. The highest BCUT2D eigenvalue weighted by Gasteiger charge is 2.11. The van der Waals surface area contributed by atoms with E-state index in [-0.39, 0.29) is 5.69 Å². The normalized spacial score (nSPS) is 10.4. The number of nitrogens with zero attached hydrogens (tertiary/aromatic N) is 4. The maximum Gasteiger partial charge on any atom is 0.273 e. The lowest BCUT2D eigenvalue weighted by molar-refractivity contribution is -0.384. The van der Waals surface area contributed by atoms with Crippen molar-refractivity contribution < 1.29 is 4.92 Å². The first-order valence-corrected chi connectivity index (χ1v) is 5.69. The molecule has 7 heteroatoms. The molecular formula is C12H15N5O2. The van der Waals surface area contributed by atoms with Crippen LogP contribution in [-0.2, 0) is 13.6 Å². The van der Waals surface area contributed by atoms with E-state index in [9.17, 15) is 10.1 Å². The Kier molecular flexibility index (Phi) is 3.37. The fourth-order valence-electron chi connectivity index (χ4n) is 1.86. The monoisotopic (exact) mass is 261 g/mol. The number of nitrogens with two attached hydrogens (primary N) is 1. The third-order valence-electron chi connectivity index (χ3n) is 2.75. The zero-order valence-electron chi connectivity index (χ0n) is 10.8. The molecule has 1 aromatic carbocycles. The molecular weight excluding hydrogens is 246 g/mol. The largest absolute Gasteiger partial charge is 0.398 e. The number of nitro benzene ring substituents is 1. The molecule has 0 saturated heterocycles. The summed E-state index contributed by atoms with van der Waals surface area (Å²) in [5, 5.41) is 14.9. The van der Waals surface area contributed by atoms with E-state index in [4.69, 9.17) is 5.73 Å². The van der Waals surface area contributed by atoms with Crippen LogP contribution in [0.15, 0.2) is 30.6 Å². The zero-order valence-corrected chi connectivity index (χ0v) is 10.8. The molecule has 0 amide bonds. The summed E-state index contributed by atoms with van der Waals surface area (Å²) in [7, 11) is 3.69. The van der Waals surface area contributed by atoms with Gasteiger partial charge in [0.2, 0.25) is 0 Å². The highest BCUT2D eigenvalue weighted by molar-refractivity contribution is 5.62. The van der Waals surface area contributed by atoms with Gasteiger partial charge in [-0.1, -0.05) is 0 Å². The molecule has 2 N–H and O–H groups in total. The van der Waals surface area contributed by atoms with E-state index in [2.05, 4.69) is 5.10 Å². The molecule has 0 unspecified atom stereocenters. The summed E-state index contributed by atoms with van der Waals surface area (Å²) in [5.74, 6) is 0. The molecule has 2 rings (SSSR count). The first kappa shape index (κ1) is 12.9. The van der Waals surface area contributed by atoms with Gasteiger partial charge in [0.1, 0.15) is 0 Å². The van der Waals surface area contributed by atoms with Gasteiger partial charge in [-0.05, 0) is 6.07 Å². The topological polar surface area (TPSA) is 90.2 Å². The average Bonchev–Trinajstić information content (AvgIpc) is 2.73. The average molecular weight is 261 g/mol. The molecule has 2 aromatic rings. The number of hydrogen-bond acceptors (Lipinski definition) is 5. The van der Waals surface area contributed by atoms with Gasteiger partial charge in [0.15, 0.2) is 0 Å². The first-order valence-electron chi connectivity index (χ1n) is 5.69. The Labute approximate surface area is 110 Å². The Morgan fingerprint density at radius 2 is 2.21 bits per heavy atom. The zero-order chi connectivity index (χ0) is 14.0. The molecule has 0 bridgehead atoms. The lowest BCUT2D eigenvalue weighted by Crippen LogP contribution is -2.16. The second-order valence-corrected chi connectivity index (χ2v) is 4.42. The number of aromatic nitrogens is 2. The van der Waals surface area contributed by atoms with Crippen LogP contribution >= 0.6 is 0 Å². The molecule has 100 valence electrons. The van der Waals surface area contributed by atoms with Crippen molar-refractivity contribution in [2.45, 2.75) is 6.54 Å². The predicted octanol–water partition coefficient (Wildman–Crippen LogP) is 1.55. The molecule has 0 atom stereocenters. The number of nitrogen functional groups attached to an aromatic ring is 1. The number of rotatable bonds is 4. The molecule has 0 aliphatic rings. The molecule has 19 heavy (non-hydrogen) atoms. The summed E-state index contributed by atoms with van der Waals surface area (Å²) in [6.07, 6.45) is 3.66. The van der Waals surface area contributed by atoms with E-state index < -0.39 is 4.92 Å². The van der Waals surface area contributed by atoms with Crippen LogP contribution in [0.4, 0.5) is 17.1 Å². The summed E-state index contributed by atoms with van der Waals surface area (Å²) >= 11 is 0. The van der Waals surface area contributed by atoms with E-state index in [1.807, 2.05) is 25.2 Å². The molecule has 7 nitrogen and oxygen atoms in total. The smallest absolute Gasteiger partial charge is 0.273 e. The SMILES string of the molecule is CN(Cc1cnn(C)c1)c1cc(N)cc([N+](=O)[O-])c1. The summed E-state index contributed by atoms with van der Waals surface area (Å²) in [5.41, 5.74) is 7.78. The minimum atomic E-state index is -0.447. The second-order valence-electron chi connectivity index (χ2n) is 4.42. The predicted molar refractivity (Wildman–Crippen MR) is 72.8 cm³/mol. The first-order chi connectivity index (χ1) is 8.95. The second kappa shape index (κ2) is 4.97. The number of nitro groups is 1. The van der Waals surface area contributed by atoms with E-state index >= 15 is 0 Å². The highest BCUT2D eigenvalue weighted by Crippen LogP contribution is 2.25. The number of aryl methyl sites for hydroxylation is 1. The summed E-state index contributed by atoms with van der Waals surface area (Å²) < 4.78 is 1.71. The van der Waals surface area contributed by atoms with Crippen molar-refractivity contribution in [2.24, 2.45) is 7.05 Å². The van der Waals surface area contributed by atoms with Crippen LogP contribution in [0.2, 0.25) is 0 Å². The summed E-state index contributed by atoms with van der Waals surface area (Å²) in [4.78, 5) is 12.3.